The first-order valence-electron chi connectivity index (χ1n) is 9.89. The second kappa shape index (κ2) is 11.7. The molecule has 0 aliphatic rings. The molecule has 0 spiro atoms. The minimum absolute atomic E-state index is 0. The number of benzene rings is 2. The molecule has 2 aromatic carbocycles. The van der Waals surface area contributed by atoms with E-state index in [0.717, 1.165) is 18.5 Å². The zero-order valence-electron chi connectivity index (χ0n) is 18.1. The molecule has 0 bridgehead atoms. The first kappa shape index (κ1) is 26.4. The summed E-state index contributed by atoms with van der Waals surface area (Å²) in [5.74, 6) is 0.687. The van der Waals surface area contributed by atoms with Gasteiger partial charge in [-0.05, 0) is 42.2 Å². The van der Waals surface area contributed by atoms with Crippen molar-refractivity contribution in [2.45, 2.75) is 51.0 Å². The smallest absolute Gasteiger partial charge is 0.238 e. The molecule has 0 unspecified atom stereocenters. The highest BCUT2D eigenvalue weighted by Gasteiger charge is 2.21. The van der Waals surface area contributed by atoms with Crippen LogP contribution < -0.4 is 15.8 Å². The highest BCUT2D eigenvalue weighted by molar-refractivity contribution is 14.0. The average molecular weight is 545 g/mol. The number of nitrogens with zero attached hydrogens (tertiary/aromatic N) is 1. The molecule has 0 atom stereocenters. The Morgan fingerprint density at radius 1 is 1.03 bits per heavy atom. The summed E-state index contributed by atoms with van der Waals surface area (Å²) in [4.78, 5) is 4.69. The third-order valence-electron chi connectivity index (χ3n) is 4.83. The Morgan fingerprint density at radius 3 is 2.27 bits per heavy atom. The SMILES string of the molecule is CCNC(=NCc1cccc(S(N)(=O)=O)c1)NCC(C)(C)c1ccc(CC)cc1.I. The van der Waals surface area contributed by atoms with E-state index in [1.165, 1.54) is 17.2 Å². The fourth-order valence-electron chi connectivity index (χ4n) is 2.93. The maximum absolute atomic E-state index is 11.5. The number of hydrogen-bond donors (Lipinski definition) is 3. The first-order valence-corrected chi connectivity index (χ1v) is 11.4. The lowest BCUT2D eigenvalue weighted by Gasteiger charge is -2.27. The zero-order valence-corrected chi connectivity index (χ0v) is 21.3. The second-order valence-electron chi connectivity index (χ2n) is 7.68. The molecule has 0 aliphatic carbocycles. The van der Waals surface area contributed by atoms with Crippen LogP contribution in [0.2, 0.25) is 0 Å². The molecule has 0 saturated heterocycles. The van der Waals surface area contributed by atoms with E-state index in [0.29, 0.717) is 19.0 Å². The van der Waals surface area contributed by atoms with Crippen molar-refractivity contribution in [3.05, 3.63) is 65.2 Å². The molecule has 0 heterocycles. The Balaban J connectivity index is 0.00000450. The maximum Gasteiger partial charge on any atom is 0.238 e. The zero-order chi connectivity index (χ0) is 21.5. The number of rotatable bonds is 8. The second-order valence-corrected chi connectivity index (χ2v) is 9.24. The Kier molecular flexibility index (Phi) is 10.3. The largest absolute Gasteiger partial charge is 0.357 e. The van der Waals surface area contributed by atoms with Gasteiger partial charge in [0, 0.05) is 18.5 Å². The summed E-state index contributed by atoms with van der Waals surface area (Å²) < 4.78 is 23.1. The summed E-state index contributed by atoms with van der Waals surface area (Å²) in [7, 11) is -3.72. The standard InChI is InChI=1S/C22H32N4O2S.HI/c1-5-17-10-12-19(13-11-17)22(3,4)16-26-21(24-6-2)25-15-18-8-7-9-20(14-18)29(23,27)28;/h7-14H,5-6,15-16H2,1-4H3,(H2,23,27,28)(H2,24,25,26);1H. The summed E-state index contributed by atoms with van der Waals surface area (Å²) in [6, 6.07) is 15.3. The van der Waals surface area contributed by atoms with Gasteiger partial charge < -0.3 is 10.6 Å². The topological polar surface area (TPSA) is 96.6 Å². The molecule has 0 aliphatic heterocycles. The normalized spacial score (nSPS) is 12.2. The fourth-order valence-corrected chi connectivity index (χ4v) is 3.52. The van der Waals surface area contributed by atoms with Crippen molar-refractivity contribution in [3.63, 3.8) is 0 Å². The summed E-state index contributed by atoms with van der Waals surface area (Å²) in [6.07, 6.45) is 1.03. The molecule has 0 amide bonds. The molecule has 8 heteroatoms. The summed E-state index contributed by atoms with van der Waals surface area (Å²) in [5, 5.41) is 11.8. The number of guanidine groups is 1. The highest BCUT2D eigenvalue weighted by atomic mass is 127. The van der Waals surface area contributed by atoms with E-state index in [-0.39, 0.29) is 34.3 Å². The van der Waals surface area contributed by atoms with Gasteiger partial charge in [0.1, 0.15) is 0 Å². The molecule has 4 N–H and O–H groups in total. The monoisotopic (exact) mass is 544 g/mol. The molecule has 0 saturated carbocycles. The summed E-state index contributed by atoms with van der Waals surface area (Å²) in [5.41, 5.74) is 3.30. The molecule has 2 aromatic rings. The van der Waals surface area contributed by atoms with Gasteiger partial charge in [-0.3, -0.25) is 0 Å². The van der Waals surface area contributed by atoms with Crippen LogP contribution in [0.5, 0.6) is 0 Å². The Bertz CT molecular complexity index is 942. The van der Waals surface area contributed by atoms with Crippen LogP contribution in [0.4, 0.5) is 0 Å². The van der Waals surface area contributed by atoms with Crippen molar-refractivity contribution in [1.29, 1.82) is 0 Å². The van der Waals surface area contributed by atoms with Gasteiger partial charge in [0.2, 0.25) is 10.0 Å². The van der Waals surface area contributed by atoms with Crippen LogP contribution in [0.3, 0.4) is 0 Å². The summed E-state index contributed by atoms with van der Waals surface area (Å²) in [6.45, 7) is 10.3. The van der Waals surface area contributed by atoms with Crippen molar-refractivity contribution in [2.24, 2.45) is 10.1 Å². The number of aliphatic imine (C=N–C) groups is 1. The van der Waals surface area contributed by atoms with Gasteiger partial charge in [0.25, 0.3) is 0 Å². The van der Waals surface area contributed by atoms with Crippen molar-refractivity contribution in [1.82, 2.24) is 10.6 Å². The van der Waals surface area contributed by atoms with E-state index in [4.69, 9.17) is 5.14 Å². The predicted molar refractivity (Wildman–Crippen MR) is 135 cm³/mol. The van der Waals surface area contributed by atoms with Gasteiger partial charge in [-0.15, -0.1) is 24.0 Å². The molecular weight excluding hydrogens is 511 g/mol. The average Bonchev–Trinajstić information content (AvgIpc) is 2.69. The van der Waals surface area contributed by atoms with Crippen molar-refractivity contribution >= 4 is 40.0 Å². The van der Waals surface area contributed by atoms with E-state index < -0.39 is 10.0 Å². The van der Waals surface area contributed by atoms with Gasteiger partial charge in [0.05, 0.1) is 11.4 Å². The van der Waals surface area contributed by atoms with Crippen LogP contribution in [0.1, 0.15) is 44.4 Å². The van der Waals surface area contributed by atoms with Crippen LogP contribution >= 0.6 is 24.0 Å². The molecule has 0 radical (unpaired) electrons. The van der Waals surface area contributed by atoms with E-state index in [1.807, 2.05) is 13.0 Å². The number of sulfonamides is 1. The molecule has 2 rings (SSSR count). The fraction of sp³-hybridized carbons (Fsp3) is 0.409. The molecule has 0 fully saturated rings. The predicted octanol–water partition coefficient (Wildman–Crippen LogP) is 3.55. The molecule has 166 valence electrons. The lowest BCUT2D eigenvalue weighted by Crippen LogP contribution is -2.43. The third-order valence-corrected chi connectivity index (χ3v) is 5.74. The first-order chi connectivity index (χ1) is 13.7. The van der Waals surface area contributed by atoms with Crippen LogP contribution in [0, 0.1) is 0 Å². The highest BCUT2D eigenvalue weighted by Crippen LogP contribution is 2.22. The van der Waals surface area contributed by atoms with Crippen LogP contribution in [0.25, 0.3) is 0 Å². The molecule has 30 heavy (non-hydrogen) atoms. The lowest BCUT2D eigenvalue weighted by atomic mass is 9.84. The molecular formula is C22H33IN4O2S. The van der Waals surface area contributed by atoms with E-state index in [1.54, 1.807) is 12.1 Å². The number of aryl methyl sites for hydroxylation is 1. The van der Waals surface area contributed by atoms with Crippen LogP contribution in [-0.2, 0) is 28.4 Å². The molecule has 0 aromatic heterocycles. The quantitative estimate of drug-likeness (QED) is 0.269. The number of hydrogen-bond acceptors (Lipinski definition) is 3. The van der Waals surface area contributed by atoms with Gasteiger partial charge >= 0.3 is 0 Å². The van der Waals surface area contributed by atoms with Crippen molar-refractivity contribution in [2.75, 3.05) is 13.1 Å². The van der Waals surface area contributed by atoms with E-state index in [2.05, 4.69) is 60.7 Å². The van der Waals surface area contributed by atoms with Gasteiger partial charge in [0.15, 0.2) is 5.96 Å². The van der Waals surface area contributed by atoms with E-state index >= 15 is 0 Å². The van der Waals surface area contributed by atoms with Crippen LogP contribution in [0.15, 0.2) is 58.4 Å². The Hall–Kier alpha value is -1.65. The minimum Gasteiger partial charge on any atom is -0.357 e. The third kappa shape index (κ3) is 7.88. The Labute approximate surface area is 197 Å². The summed E-state index contributed by atoms with van der Waals surface area (Å²) >= 11 is 0. The van der Waals surface area contributed by atoms with Crippen molar-refractivity contribution < 1.29 is 8.42 Å². The maximum atomic E-state index is 11.5. The van der Waals surface area contributed by atoms with Crippen molar-refractivity contribution in [3.8, 4) is 0 Å². The molecule has 6 nitrogen and oxygen atoms in total. The van der Waals surface area contributed by atoms with E-state index in [9.17, 15) is 8.42 Å². The number of nitrogens with one attached hydrogen (secondary N) is 2. The van der Waals surface area contributed by atoms with Gasteiger partial charge in [-0.1, -0.05) is 57.2 Å². The number of halogens is 1. The lowest BCUT2D eigenvalue weighted by molar-refractivity contribution is 0.508. The van der Waals surface area contributed by atoms with Gasteiger partial charge in [-0.2, -0.15) is 0 Å². The van der Waals surface area contributed by atoms with Crippen LogP contribution in [-0.4, -0.2) is 27.5 Å². The van der Waals surface area contributed by atoms with Gasteiger partial charge in [-0.25, -0.2) is 18.5 Å². The Morgan fingerprint density at radius 2 is 1.70 bits per heavy atom. The number of primary sulfonamides is 1. The number of nitrogens with two attached hydrogens (primary N) is 1. The minimum atomic E-state index is -3.72.